The van der Waals surface area contributed by atoms with E-state index in [2.05, 4.69) is 17.4 Å². The second-order valence-corrected chi connectivity index (χ2v) is 5.85. The molecule has 1 saturated heterocycles. The van der Waals surface area contributed by atoms with E-state index in [0.717, 1.165) is 50.8 Å². The molecule has 19 heavy (non-hydrogen) atoms. The number of hydrogen-bond donors (Lipinski definition) is 2. The lowest BCUT2D eigenvalue weighted by Crippen LogP contribution is -2.43. The van der Waals surface area contributed by atoms with E-state index < -0.39 is 11.4 Å². The molecular weight excluding hydrogens is 238 g/mol. The minimum absolute atomic E-state index is 0.522. The summed E-state index contributed by atoms with van der Waals surface area (Å²) in [6.45, 7) is 2.08. The van der Waals surface area contributed by atoms with E-state index in [1.807, 2.05) is 12.1 Å². The van der Waals surface area contributed by atoms with Crippen molar-refractivity contribution in [1.82, 2.24) is 5.32 Å². The second-order valence-electron chi connectivity index (χ2n) is 5.85. The molecule has 2 aliphatic rings. The molecule has 102 valence electrons. The van der Waals surface area contributed by atoms with Crippen LogP contribution in [-0.4, -0.2) is 24.2 Å². The molecule has 0 unspecified atom stereocenters. The molecule has 3 rings (SSSR count). The number of hydrogen-bond acceptors (Lipinski definition) is 2. The molecule has 0 spiro atoms. The van der Waals surface area contributed by atoms with Crippen molar-refractivity contribution in [2.75, 3.05) is 13.1 Å². The van der Waals surface area contributed by atoms with Gasteiger partial charge in [-0.1, -0.05) is 30.7 Å². The van der Waals surface area contributed by atoms with E-state index in [1.54, 1.807) is 0 Å². The average Bonchev–Trinajstić information content (AvgIpc) is 2.39. The number of nitrogens with one attached hydrogen (secondary N) is 1. The van der Waals surface area contributed by atoms with Crippen LogP contribution in [0.25, 0.3) is 0 Å². The van der Waals surface area contributed by atoms with Crippen LogP contribution in [0, 0.1) is 0 Å². The highest BCUT2D eigenvalue weighted by Gasteiger charge is 2.47. The summed E-state index contributed by atoms with van der Waals surface area (Å²) in [6.07, 6.45) is 4.86. The first-order valence-corrected chi connectivity index (χ1v) is 7.27. The third kappa shape index (κ3) is 2.06. The number of carbonyl (C=O) groups is 1. The van der Waals surface area contributed by atoms with Crippen molar-refractivity contribution in [2.45, 2.75) is 43.4 Å². The van der Waals surface area contributed by atoms with Gasteiger partial charge in [-0.15, -0.1) is 0 Å². The van der Waals surface area contributed by atoms with Gasteiger partial charge in [0.1, 0.15) is 0 Å². The van der Waals surface area contributed by atoms with Gasteiger partial charge in [0.15, 0.2) is 0 Å². The second kappa shape index (κ2) is 4.97. The number of piperidine rings is 1. The Balaban J connectivity index is 1.99. The summed E-state index contributed by atoms with van der Waals surface area (Å²) in [5.41, 5.74) is 1.77. The molecule has 1 aromatic carbocycles. The lowest BCUT2D eigenvalue weighted by molar-refractivity contribution is -0.147. The Kier molecular flexibility index (Phi) is 3.31. The van der Waals surface area contributed by atoms with Crippen LogP contribution in [-0.2, 0) is 10.2 Å². The highest BCUT2D eigenvalue weighted by Crippen LogP contribution is 2.47. The highest BCUT2D eigenvalue weighted by atomic mass is 16.4. The smallest absolute Gasteiger partial charge is 0.314 e. The van der Waals surface area contributed by atoms with Crippen molar-refractivity contribution in [2.24, 2.45) is 0 Å². The van der Waals surface area contributed by atoms with Crippen molar-refractivity contribution in [1.29, 1.82) is 0 Å². The first kappa shape index (κ1) is 12.7. The largest absolute Gasteiger partial charge is 0.481 e. The van der Waals surface area contributed by atoms with Gasteiger partial charge in [-0.2, -0.15) is 0 Å². The van der Waals surface area contributed by atoms with E-state index in [9.17, 15) is 9.90 Å². The summed E-state index contributed by atoms with van der Waals surface area (Å²) in [7, 11) is 0. The normalized spacial score (nSPS) is 22.7. The molecule has 1 aliphatic carbocycles. The fourth-order valence-corrected chi connectivity index (χ4v) is 3.55. The first-order valence-electron chi connectivity index (χ1n) is 7.27. The van der Waals surface area contributed by atoms with Gasteiger partial charge in [0.25, 0.3) is 0 Å². The molecule has 3 nitrogen and oxygen atoms in total. The Morgan fingerprint density at radius 1 is 1.21 bits per heavy atom. The van der Waals surface area contributed by atoms with Gasteiger partial charge in [-0.25, -0.2) is 0 Å². The molecule has 1 aromatic rings. The molecule has 2 fully saturated rings. The van der Waals surface area contributed by atoms with Crippen molar-refractivity contribution in [3.8, 4) is 0 Å². The number of rotatable bonds is 3. The summed E-state index contributed by atoms with van der Waals surface area (Å²) < 4.78 is 0. The Morgan fingerprint density at radius 2 is 1.89 bits per heavy atom. The third-order valence-corrected chi connectivity index (χ3v) is 4.87. The van der Waals surface area contributed by atoms with Crippen molar-refractivity contribution < 1.29 is 9.90 Å². The predicted molar refractivity (Wildman–Crippen MR) is 74.5 cm³/mol. The molecule has 1 saturated carbocycles. The minimum Gasteiger partial charge on any atom is -0.481 e. The fraction of sp³-hybridized carbons (Fsp3) is 0.562. The summed E-state index contributed by atoms with van der Waals surface area (Å²) >= 11 is 0. The molecule has 0 amide bonds. The molecule has 3 heteroatoms. The monoisotopic (exact) mass is 259 g/mol. The Bertz CT molecular complexity index is 473. The lowest BCUT2D eigenvalue weighted by Gasteiger charge is -2.41. The van der Waals surface area contributed by atoms with Gasteiger partial charge >= 0.3 is 5.97 Å². The molecule has 1 heterocycles. The van der Waals surface area contributed by atoms with Crippen LogP contribution in [0.1, 0.15) is 49.1 Å². The molecule has 2 N–H and O–H groups in total. The van der Waals surface area contributed by atoms with Gasteiger partial charge in [-0.3, -0.25) is 4.79 Å². The molecule has 0 radical (unpaired) electrons. The topological polar surface area (TPSA) is 49.3 Å². The van der Waals surface area contributed by atoms with Gasteiger partial charge in [-0.05, 0) is 55.8 Å². The van der Waals surface area contributed by atoms with Gasteiger partial charge in [0, 0.05) is 0 Å². The van der Waals surface area contributed by atoms with Crippen molar-refractivity contribution >= 4 is 5.97 Å². The number of carboxylic acids is 1. The zero-order valence-electron chi connectivity index (χ0n) is 11.2. The van der Waals surface area contributed by atoms with Crippen LogP contribution >= 0.6 is 0 Å². The Labute approximate surface area is 114 Å². The Morgan fingerprint density at radius 3 is 2.47 bits per heavy atom. The molecule has 1 aliphatic heterocycles. The quantitative estimate of drug-likeness (QED) is 0.877. The predicted octanol–water partition coefficient (Wildman–Crippen LogP) is 2.66. The van der Waals surface area contributed by atoms with E-state index in [-0.39, 0.29) is 0 Å². The zero-order valence-corrected chi connectivity index (χ0v) is 11.2. The van der Waals surface area contributed by atoms with Gasteiger partial charge < -0.3 is 10.4 Å². The lowest BCUT2D eigenvalue weighted by atomic mass is 9.62. The maximum atomic E-state index is 11.7. The van der Waals surface area contributed by atoms with E-state index in [0.29, 0.717) is 5.92 Å². The highest BCUT2D eigenvalue weighted by molar-refractivity contribution is 5.83. The van der Waals surface area contributed by atoms with Crippen LogP contribution in [0.15, 0.2) is 24.3 Å². The van der Waals surface area contributed by atoms with Crippen molar-refractivity contribution in [3.63, 3.8) is 0 Å². The van der Waals surface area contributed by atoms with Crippen LogP contribution in [0.5, 0.6) is 0 Å². The number of benzene rings is 1. The number of carboxylic acid groups (broad SMARTS) is 1. The van der Waals surface area contributed by atoms with Crippen molar-refractivity contribution in [3.05, 3.63) is 35.4 Å². The molecule has 0 atom stereocenters. The average molecular weight is 259 g/mol. The van der Waals surface area contributed by atoms with Crippen LogP contribution < -0.4 is 5.32 Å². The van der Waals surface area contributed by atoms with E-state index in [1.165, 1.54) is 5.56 Å². The Hall–Kier alpha value is -1.35. The summed E-state index contributed by atoms with van der Waals surface area (Å²) in [5, 5.41) is 13.0. The van der Waals surface area contributed by atoms with E-state index >= 15 is 0 Å². The minimum atomic E-state index is -0.639. The van der Waals surface area contributed by atoms with Crippen LogP contribution in [0.4, 0.5) is 0 Å². The maximum absolute atomic E-state index is 11.7. The summed E-state index contributed by atoms with van der Waals surface area (Å²) in [5.74, 6) is -0.116. The van der Waals surface area contributed by atoms with E-state index in [4.69, 9.17) is 0 Å². The molecule has 0 aromatic heterocycles. The number of aliphatic carboxylic acids is 1. The fourth-order valence-electron chi connectivity index (χ4n) is 3.55. The third-order valence-electron chi connectivity index (χ3n) is 4.87. The van der Waals surface area contributed by atoms with Crippen LogP contribution in [0.2, 0.25) is 0 Å². The standard InChI is InChI=1S/C16H21NO2/c18-15(19)16(8-3-9-16)14-5-2-1-4-13(14)12-6-10-17-11-7-12/h1-2,4-5,12,17H,3,6-11H2,(H,18,19). The summed E-state index contributed by atoms with van der Waals surface area (Å²) in [4.78, 5) is 11.7. The zero-order chi connectivity index (χ0) is 13.3. The maximum Gasteiger partial charge on any atom is 0.314 e. The van der Waals surface area contributed by atoms with Gasteiger partial charge in [0.2, 0.25) is 0 Å². The first-order chi connectivity index (χ1) is 9.24. The SMILES string of the molecule is O=C(O)C1(c2ccccc2C2CCNCC2)CCC1. The molecular formula is C16H21NO2. The van der Waals surface area contributed by atoms with Crippen LogP contribution in [0.3, 0.4) is 0 Å². The van der Waals surface area contributed by atoms with Gasteiger partial charge in [0.05, 0.1) is 5.41 Å². The summed E-state index contributed by atoms with van der Waals surface area (Å²) in [6, 6.07) is 8.23. The molecule has 0 bridgehead atoms.